The molecule has 1 rings (SSSR count). The molecule has 0 aromatic heterocycles. The summed E-state index contributed by atoms with van der Waals surface area (Å²) in [4.78, 5) is 0. The Balaban J connectivity index is 0.000000711. The number of methoxy groups -OCH3 is 1. The van der Waals surface area contributed by atoms with Crippen molar-refractivity contribution in [1.29, 1.82) is 0 Å². The fourth-order valence-electron chi connectivity index (χ4n) is 0.979. The second-order valence-electron chi connectivity index (χ2n) is 3.42. The van der Waals surface area contributed by atoms with Crippen LogP contribution in [-0.4, -0.2) is 13.7 Å². The standard InChI is InChI=1S/C8H5F6N.C3H8O/c9-7(10,11)4-1-5(8(12,13)14)3-6(15)2-4;1-3-4-2/h1-3H,15H2;3H2,1-2H3. The van der Waals surface area contributed by atoms with Gasteiger partial charge in [-0.25, -0.2) is 0 Å². The summed E-state index contributed by atoms with van der Waals surface area (Å²) < 4.78 is 77.2. The van der Waals surface area contributed by atoms with Crippen LogP contribution in [0, 0.1) is 0 Å². The van der Waals surface area contributed by atoms with Crippen molar-refractivity contribution >= 4 is 5.69 Å². The van der Waals surface area contributed by atoms with Gasteiger partial charge in [0.15, 0.2) is 0 Å². The van der Waals surface area contributed by atoms with Gasteiger partial charge in [0.2, 0.25) is 0 Å². The summed E-state index contributed by atoms with van der Waals surface area (Å²) >= 11 is 0. The highest BCUT2D eigenvalue weighted by Gasteiger charge is 2.36. The monoisotopic (exact) mass is 289 g/mol. The molecule has 0 saturated heterocycles. The average molecular weight is 289 g/mol. The zero-order valence-corrected chi connectivity index (χ0v) is 10.2. The number of nitrogen functional groups attached to an aromatic ring is 1. The number of rotatable bonds is 1. The maximum absolute atomic E-state index is 12.1. The second kappa shape index (κ2) is 6.65. The zero-order chi connectivity index (χ0) is 15.3. The molecule has 0 amide bonds. The normalized spacial score (nSPS) is 11.8. The summed E-state index contributed by atoms with van der Waals surface area (Å²) in [6.07, 6.45) is -9.68. The van der Waals surface area contributed by atoms with Crippen molar-refractivity contribution in [3.8, 4) is 0 Å². The average Bonchev–Trinajstić information content (AvgIpc) is 2.26. The molecule has 110 valence electrons. The van der Waals surface area contributed by atoms with E-state index in [1.54, 1.807) is 7.11 Å². The molecule has 0 radical (unpaired) electrons. The lowest BCUT2D eigenvalue weighted by atomic mass is 10.1. The SMILES string of the molecule is CCOC.Nc1cc(C(F)(F)F)cc(C(F)(F)F)c1. The number of hydrogen-bond donors (Lipinski definition) is 1. The van der Waals surface area contributed by atoms with E-state index in [1.165, 1.54) is 0 Å². The van der Waals surface area contributed by atoms with Crippen LogP contribution in [0.3, 0.4) is 0 Å². The molecule has 0 aliphatic rings. The molecule has 8 heteroatoms. The predicted molar refractivity (Wildman–Crippen MR) is 58.4 cm³/mol. The minimum absolute atomic E-state index is 0.0242. The van der Waals surface area contributed by atoms with Gasteiger partial charge in [-0.2, -0.15) is 26.3 Å². The van der Waals surface area contributed by atoms with Gasteiger partial charge in [0.1, 0.15) is 0 Å². The Bertz CT molecular complexity index is 365. The molecule has 1 aromatic rings. The number of benzene rings is 1. The lowest BCUT2D eigenvalue weighted by Gasteiger charge is -2.12. The topological polar surface area (TPSA) is 35.2 Å². The third-order valence-corrected chi connectivity index (χ3v) is 1.90. The Morgan fingerprint density at radius 3 is 1.47 bits per heavy atom. The van der Waals surface area contributed by atoms with E-state index in [1.807, 2.05) is 6.92 Å². The summed E-state index contributed by atoms with van der Waals surface area (Å²) in [6, 6.07) is 0.931. The number of ether oxygens (including phenoxy) is 1. The Morgan fingerprint density at radius 2 is 1.26 bits per heavy atom. The second-order valence-corrected chi connectivity index (χ2v) is 3.42. The van der Waals surface area contributed by atoms with Crippen LogP contribution >= 0.6 is 0 Å². The minimum Gasteiger partial charge on any atom is -0.399 e. The summed E-state index contributed by atoms with van der Waals surface area (Å²) in [5.41, 5.74) is 1.57. The van der Waals surface area contributed by atoms with Crippen molar-refractivity contribution in [2.45, 2.75) is 19.3 Å². The molecule has 0 bridgehead atoms. The van der Waals surface area contributed by atoms with E-state index >= 15 is 0 Å². The van der Waals surface area contributed by atoms with E-state index in [4.69, 9.17) is 5.73 Å². The molecule has 1 aromatic carbocycles. The van der Waals surface area contributed by atoms with Gasteiger partial charge in [0.05, 0.1) is 11.1 Å². The maximum atomic E-state index is 12.1. The van der Waals surface area contributed by atoms with Crippen LogP contribution in [0.1, 0.15) is 18.1 Å². The molecule has 2 nitrogen and oxygen atoms in total. The van der Waals surface area contributed by atoms with Gasteiger partial charge in [-0.3, -0.25) is 0 Å². The van der Waals surface area contributed by atoms with E-state index in [9.17, 15) is 26.3 Å². The van der Waals surface area contributed by atoms with Gasteiger partial charge >= 0.3 is 12.4 Å². The molecule has 0 fully saturated rings. The zero-order valence-electron chi connectivity index (χ0n) is 10.2. The molecule has 0 spiro atoms. The molecule has 0 unspecified atom stereocenters. The first kappa shape index (κ1) is 17.6. The summed E-state index contributed by atoms with van der Waals surface area (Å²) in [5, 5.41) is 0. The first-order chi connectivity index (χ1) is 8.52. The Labute approximate surface area is 106 Å². The number of nitrogens with two attached hydrogens (primary N) is 1. The van der Waals surface area contributed by atoms with Crippen LogP contribution in [0.25, 0.3) is 0 Å². The summed E-state index contributed by atoms with van der Waals surface area (Å²) in [7, 11) is 1.68. The van der Waals surface area contributed by atoms with Crippen molar-refractivity contribution in [3.05, 3.63) is 29.3 Å². The molecule has 19 heavy (non-hydrogen) atoms. The molecule has 0 saturated carbocycles. The molecule has 0 heterocycles. The molecule has 2 N–H and O–H groups in total. The van der Waals surface area contributed by atoms with Gasteiger partial charge in [-0.05, 0) is 25.1 Å². The van der Waals surface area contributed by atoms with Crippen LogP contribution in [0.5, 0.6) is 0 Å². The molecular formula is C11H13F6NO. The predicted octanol–water partition coefficient (Wildman–Crippen LogP) is 3.96. The first-order valence-electron chi connectivity index (χ1n) is 5.06. The van der Waals surface area contributed by atoms with E-state index in [-0.39, 0.29) is 6.07 Å². The van der Waals surface area contributed by atoms with Gasteiger partial charge in [-0.1, -0.05) is 0 Å². The van der Waals surface area contributed by atoms with E-state index in [0.717, 1.165) is 6.61 Å². The van der Waals surface area contributed by atoms with Gasteiger partial charge in [0, 0.05) is 19.4 Å². The molecule has 0 atom stereocenters. The highest BCUT2D eigenvalue weighted by atomic mass is 19.4. The number of halogens is 6. The van der Waals surface area contributed by atoms with Crippen LogP contribution in [0.15, 0.2) is 18.2 Å². The number of alkyl halides is 6. The largest absolute Gasteiger partial charge is 0.416 e. The van der Waals surface area contributed by atoms with Gasteiger partial charge in [0.25, 0.3) is 0 Å². The fourth-order valence-corrected chi connectivity index (χ4v) is 0.979. The fraction of sp³-hybridized carbons (Fsp3) is 0.455. The van der Waals surface area contributed by atoms with Gasteiger partial charge in [-0.15, -0.1) is 0 Å². The first-order valence-corrected chi connectivity index (χ1v) is 5.06. The number of anilines is 1. The Hall–Kier alpha value is -1.44. The van der Waals surface area contributed by atoms with Crippen LogP contribution in [0.4, 0.5) is 32.0 Å². The molecule has 0 aliphatic heterocycles. The van der Waals surface area contributed by atoms with Crippen LogP contribution in [-0.2, 0) is 17.1 Å². The maximum Gasteiger partial charge on any atom is 0.416 e. The van der Waals surface area contributed by atoms with E-state index in [0.29, 0.717) is 12.1 Å². The van der Waals surface area contributed by atoms with Crippen molar-refractivity contribution < 1.29 is 31.1 Å². The third-order valence-electron chi connectivity index (χ3n) is 1.90. The van der Waals surface area contributed by atoms with Crippen molar-refractivity contribution in [2.75, 3.05) is 19.5 Å². The van der Waals surface area contributed by atoms with Gasteiger partial charge < -0.3 is 10.5 Å². The number of hydrogen-bond acceptors (Lipinski definition) is 2. The molecule has 0 aliphatic carbocycles. The van der Waals surface area contributed by atoms with E-state index in [2.05, 4.69) is 4.74 Å². The quantitative estimate of drug-likeness (QED) is 0.627. The third kappa shape index (κ3) is 6.32. The molecular weight excluding hydrogens is 276 g/mol. The highest BCUT2D eigenvalue weighted by Crippen LogP contribution is 2.36. The van der Waals surface area contributed by atoms with Crippen LogP contribution < -0.4 is 5.73 Å². The Morgan fingerprint density at radius 1 is 0.947 bits per heavy atom. The summed E-state index contributed by atoms with van der Waals surface area (Å²) in [6.45, 7) is 2.78. The lowest BCUT2D eigenvalue weighted by molar-refractivity contribution is -0.143. The lowest BCUT2D eigenvalue weighted by Crippen LogP contribution is -2.11. The Kier molecular flexibility index (Phi) is 6.14. The van der Waals surface area contributed by atoms with E-state index < -0.39 is 29.2 Å². The van der Waals surface area contributed by atoms with Crippen molar-refractivity contribution in [1.82, 2.24) is 0 Å². The smallest absolute Gasteiger partial charge is 0.399 e. The summed E-state index contributed by atoms with van der Waals surface area (Å²) in [5.74, 6) is 0. The van der Waals surface area contributed by atoms with Crippen molar-refractivity contribution in [3.63, 3.8) is 0 Å². The highest BCUT2D eigenvalue weighted by molar-refractivity contribution is 5.46. The van der Waals surface area contributed by atoms with Crippen molar-refractivity contribution in [2.24, 2.45) is 0 Å². The van der Waals surface area contributed by atoms with Crippen LogP contribution in [0.2, 0.25) is 0 Å². The minimum atomic E-state index is -4.84.